The fourth-order valence-corrected chi connectivity index (χ4v) is 3.40. The fourth-order valence-electron chi connectivity index (χ4n) is 3.09. The molecule has 0 aliphatic carbocycles. The van der Waals surface area contributed by atoms with Gasteiger partial charge in [0.25, 0.3) is 0 Å². The molecule has 4 rings (SSSR count). The Morgan fingerprint density at radius 3 is 2.45 bits per heavy atom. The molecule has 1 aliphatic heterocycles. The molecule has 158 valence electrons. The maximum atomic E-state index is 12.7. The lowest BCUT2D eigenvalue weighted by molar-refractivity contribution is -0.115. The molecule has 1 aromatic heterocycles. The molecule has 2 aromatic carbocycles. The van der Waals surface area contributed by atoms with Crippen molar-refractivity contribution in [1.82, 2.24) is 4.90 Å². The van der Waals surface area contributed by atoms with Gasteiger partial charge in [0.2, 0.25) is 12.3 Å². The average molecular weight is 458 g/mol. The third-order valence-corrected chi connectivity index (χ3v) is 5.20. The van der Waals surface area contributed by atoms with Crippen molar-refractivity contribution in [3.63, 3.8) is 0 Å². The molecule has 0 spiro atoms. The molecular formula is C22H17Cl2N3O4. The molecule has 0 saturated carbocycles. The summed E-state index contributed by atoms with van der Waals surface area (Å²) in [5.74, 6) is -0.546. The Hall–Kier alpha value is -3.47. The SMILES string of the molecule is CN(C)C=O.N#CC1=C(N)Oc2c(c(=O)oc3ccccc23)[C@@H]1c1ccc(Cl)c(Cl)c1. The number of carbonyl (C=O) groups is 1. The summed E-state index contributed by atoms with van der Waals surface area (Å²) < 4.78 is 11.1. The van der Waals surface area contributed by atoms with Gasteiger partial charge >= 0.3 is 5.63 Å². The lowest BCUT2D eigenvalue weighted by atomic mass is 9.84. The minimum atomic E-state index is -0.764. The van der Waals surface area contributed by atoms with Crippen LogP contribution in [-0.4, -0.2) is 25.4 Å². The first-order chi connectivity index (χ1) is 14.8. The summed E-state index contributed by atoms with van der Waals surface area (Å²) in [6.45, 7) is 0. The quantitative estimate of drug-likeness (QED) is 0.459. The summed E-state index contributed by atoms with van der Waals surface area (Å²) in [5.41, 5.74) is 6.66. The number of hydrogen-bond acceptors (Lipinski definition) is 6. The summed E-state index contributed by atoms with van der Waals surface area (Å²) in [7, 11) is 3.38. The van der Waals surface area contributed by atoms with E-state index in [1.165, 1.54) is 4.90 Å². The van der Waals surface area contributed by atoms with Crippen LogP contribution >= 0.6 is 23.2 Å². The van der Waals surface area contributed by atoms with E-state index in [1.54, 1.807) is 56.6 Å². The Morgan fingerprint density at radius 1 is 1.16 bits per heavy atom. The Balaban J connectivity index is 0.000000491. The predicted molar refractivity (Wildman–Crippen MR) is 118 cm³/mol. The monoisotopic (exact) mass is 457 g/mol. The van der Waals surface area contributed by atoms with Crippen LogP contribution in [0.5, 0.6) is 5.75 Å². The summed E-state index contributed by atoms with van der Waals surface area (Å²) in [6.07, 6.45) is 0.750. The van der Waals surface area contributed by atoms with Gasteiger partial charge in [0.15, 0.2) is 5.75 Å². The zero-order valence-electron chi connectivity index (χ0n) is 16.6. The van der Waals surface area contributed by atoms with E-state index < -0.39 is 11.5 Å². The van der Waals surface area contributed by atoms with Crippen molar-refractivity contribution in [2.24, 2.45) is 5.73 Å². The number of halogens is 2. The standard InChI is InChI=1S/C19H10Cl2N2O3.C3H7NO/c20-12-6-5-9(7-13(12)21)15-11(8-22)18(23)26-17-10-3-1-2-4-14(10)25-19(24)16(15)17;1-4(2)3-5/h1-7,15H,23H2;3H,1-2H3/t15-;/m1./s1. The molecule has 1 aliphatic rings. The highest BCUT2D eigenvalue weighted by Crippen LogP contribution is 2.44. The number of benzene rings is 2. The second kappa shape index (κ2) is 9.13. The van der Waals surface area contributed by atoms with E-state index in [0.29, 0.717) is 26.6 Å². The van der Waals surface area contributed by atoms with Crippen molar-refractivity contribution in [2.75, 3.05) is 14.1 Å². The lowest BCUT2D eigenvalue weighted by Crippen LogP contribution is -2.26. The van der Waals surface area contributed by atoms with Crippen LogP contribution in [0, 0.1) is 11.3 Å². The van der Waals surface area contributed by atoms with Gasteiger partial charge in [-0.15, -0.1) is 0 Å². The number of hydrogen-bond donors (Lipinski definition) is 1. The van der Waals surface area contributed by atoms with Crippen molar-refractivity contribution < 1.29 is 13.9 Å². The van der Waals surface area contributed by atoms with Gasteiger partial charge in [-0.3, -0.25) is 4.79 Å². The van der Waals surface area contributed by atoms with Crippen molar-refractivity contribution in [2.45, 2.75) is 5.92 Å². The maximum Gasteiger partial charge on any atom is 0.344 e. The van der Waals surface area contributed by atoms with Crippen LogP contribution in [0.1, 0.15) is 17.0 Å². The van der Waals surface area contributed by atoms with E-state index in [0.717, 1.165) is 6.41 Å². The molecule has 0 fully saturated rings. The number of allylic oxidation sites excluding steroid dienone is 1. The number of ether oxygens (including phenoxy) is 1. The molecule has 0 radical (unpaired) electrons. The number of amides is 1. The van der Waals surface area contributed by atoms with Gasteiger partial charge in [0.05, 0.1) is 26.9 Å². The van der Waals surface area contributed by atoms with Crippen LogP contribution in [-0.2, 0) is 4.79 Å². The molecule has 3 aromatic rings. The number of carbonyl (C=O) groups excluding carboxylic acids is 1. The van der Waals surface area contributed by atoms with Gasteiger partial charge in [-0.1, -0.05) is 41.4 Å². The first kappa shape index (κ1) is 22.2. The van der Waals surface area contributed by atoms with Gasteiger partial charge in [0.1, 0.15) is 17.2 Å². The Morgan fingerprint density at radius 2 is 1.84 bits per heavy atom. The second-order valence-electron chi connectivity index (χ2n) is 6.80. The van der Waals surface area contributed by atoms with Gasteiger partial charge in [-0.2, -0.15) is 5.26 Å². The first-order valence-electron chi connectivity index (χ1n) is 8.98. The normalized spacial score (nSPS) is 14.6. The predicted octanol–water partition coefficient (Wildman–Crippen LogP) is 4.02. The molecule has 2 N–H and O–H groups in total. The molecule has 31 heavy (non-hydrogen) atoms. The molecule has 7 nitrogen and oxygen atoms in total. The maximum absolute atomic E-state index is 12.7. The fraction of sp³-hybridized carbons (Fsp3) is 0.136. The largest absolute Gasteiger partial charge is 0.439 e. The number of para-hydroxylation sites is 1. The number of fused-ring (bicyclic) bond motifs is 3. The number of rotatable bonds is 2. The average Bonchev–Trinajstić information content (AvgIpc) is 2.75. The summed E-state index contributed by atoms with van der Waals surface area (Å²) in [5, 5.41) is 10.8. The summed E-state index contributed by atoms with van der Waals surface area (Å²) >= 11 is 12.1. The molecule has 2 heterocycles. The van der Waals surface area contributed by atoms with E-state index >= 15 is 0 Å². The van der Waals surface area contributed by atoms with Crippen molar-refractivity contribution >= 4 is 40.6 Å². The zero-order valence-corrected chi connectivity index (χ0v) is 18.1. The highest BCUT2D eigenvalue weighted by molar-refractivity contribution is 6.42. The first-order valence-corrected chi connectivity index (χ1v) is 9.74. The van der Waals surface area contributed by atoms with Gasteiger partial charge in [-0.05, 0) is 29.8 Å². The zero-order chi connectivity index (χ0) is 22.7. The molecule has 1 atom stereocenters. The van der Waals surface area contributed by atoms with Gasteiger partial charge in [0, 0.05) is 14.1 Å². The van der Waals surface area contributed by atoms with Crippen LogP contribution in [0.25, 0.3) is 11.0 Å². The Kier molecular flexibility index (Phi) is 6.54. The van der Waals surface area contributed by atoms with Crippen molar-refractivity contribution in [3.05, 3.63) is 85.5 Å². The molecule has 9 heteroatoms. The van der Waals surface area contributed by atoms with Crippen LogP contribution in [0.4, 0.5) is 0 Å². The summed E-state index contributed by atoms with van der Waals surface area (Å²) in [4.78, 5) is 23.6. The molecular weight excluding hydrogens is 441 g/mol. The third-order valence-electron chi connectivity index (χ3n) is 4.46. The van der Waals surface area contributed by atoms with Crippen molar-refractivity contribution in [1.29, 1.82) is 5.26 Å². The number of nitriles is 1. The van der Waals surface area contributed by atoms with Crippen LogP contribution in [0.3, 0.4) is 0 Å². The topological polar surface area (TPSA) is 110 Å². The lowest BCUT2D eigenvalue weighted by Gasteiger charge is -2.26. The van der Waals surface area contributed by atoms with E-state index in [2.05, 4.69) is 0 Å². The minimum absolute atomic E-state index is 0.0631. The van der Waals surface area contributed by atoms with Gasteiger partial charge in [-0.25, -0.2) is 4.79 Å². The highest BCUT2D eigenvalue weighted by atomic mass is 35.5. The smallest absolute Gasteiger partial charge is 0.344 e. The van der Waals surface area contributed by atoms with E-state index in [-0.39, 0.29) is 22.8 Å². The third kappa shape index (κ3) is 4.36. The molecule has 0 unspecified atom stereocenters. The van der Waals surface area contributed by atoms with Crippen LogP contribution < -0.4 is 16.1 Å². The Labute approximate surface area is 187 Å². The van der Waals surface area contributed by atoms with Crippen LogP contribution in [0.2, 0.25) is 10.0 Å². The van der Waals surface area contributed by atoms with Crippen LogP contribution in [0.15, 0.2) is 63.1 Å². The van der Waals surface area contributed by atoms with E-state index in [4.69, 9.17) is 38.1 Å². The Bertz CT molecular complexity index is 1290. The van der Waals surface area contributed by atoms with Gasteiger partial charge < -0.3 is 19.8 Å². The van der Waals surface area contributed by atoms with E-state index in [9.17, 15) is 14.9 Å². The second-order valence-corrected chi connectivity index (χ2v) is 7.61. The van der Waals surface area contributed by atoms with E-state index in [1.807, 2.05) is 6.07 Å². The molecule has 0 bridgehead atoms. The number of nitrogens with two attached hydrogens (primary N) is 1. The minimum Gasteiger partial charge on any atom is -0.439 e. The molecule has 1 amide bonds. The van der Waals surface area contributed by atoms with Crippen molar-refractivity contribution in [3.8, 4) is 11.8 Å². The molecule has 0 saturated heterocycles. The number of nitrogens with zero attached hydrogens (tertiary/aromatic N) is 2. The summed E-state index contributed by atoms with van der Waals surface area (Å²) in [6, 6.07) is 13.9. The highest BCUT2D eigenvalue weighted by Gasteiger charge is 2.35.